The number of alkyl halides is 6. The summed E-state index contributed by atoms with van der Waals surface area (Å²) in [4.78, 5) is 3.01. The number of hydrogen-bond donors (Lipinski definition) is 0. The minimum atomic E-state index is -6.58. The molecule has 0 amide bonds. The Morgan fingerprint density at radius 1 is 1.14 bits per heavy atom. The summed E-state index contributed by atoms with van der Waals surface area (Å²) >= 11 is 5.34. The number of aromatic nitrogens is 1. The van der Waals surface area contributed by atoms with Crippen molar-refractivity contribution in [3.8, 4) is 0 Å². The van der Waals surface area contributed by atoms with Gasteiger partial charge in [-0.25, -0.2) is 9.19 Å². The predicted molar refractivity (Wildman–Crippen MR) is 60.9 cm³/mol. The second-order valence-electron chi connectivity index (χ2n) is 3.21. The molecule has 0 aromatic carbocycles. The molecule has 1 aromatic heterocycles. The van der Waals surface area contributed by atoms with Gasteiger partial charge >= 0.3 is 21.0 Å². The molecule has 1 atom stereocenters. The summed E-state index contributed by atoms with van der Waals surface area (Å²) in [5.41, 5.74) is -11.9. The molecule has 120 valence electrons. The molecule has 5 nitrogen and oxygen atoms in total. The van der Waals surface area contributed by atoms with Gasteiger partial charge in [0, 0.05) is 6.20 Å². The zero-order valence-electron chi connectivity index (χ0n) is 9.31. The molecule has 14 heteroatoms. The van der Waals surface area contributed by atoms with Crippen molar-refractivity contribution >= 4 is 38.4 Å². The van der Waals surface area contributed by atoms with Crippen LogP contribution in [0.5, 0.6) is 0 Å². The second-order valence-corrected chi connectivity index (χ2v) is 6.98. The Kier molecular flexibility index (Phi) is 4.80. The summed E-state index contributed by atoms with van der Waals surface area (Å²) in [5, 5.41) is -0.180. The van der Waals surface area contributed by atoms with E-state index in [1.54, 1.807) is 0 Å². The summed E-state index contributed by atoms with van der Waals surface area (Å²) in [6.07, 6.45) is 0.601. The van der Waals surface area contributed by atoms with Crippen LogP contribution in [0.3, 0.4) is 0 Å². The Balaban J connectivity index is 3.53. The van der Waals surface area contributed by atoms with Crippen LogP contribution in [0.2, 0.25) is 5.02 Å². The van der Waals surface area contributed by atoms with Gasteiger partial charge in [0.2, 0.25) is 11.0 Å². The van der Waals surface area contributed by atoms with Gasteiger partial charge in [-0.05, 0) is 12.1 Å². The van der Waals surface area contributed by atoms with Crippen LogP contribution in [-0.2, 0) is 21.0 Å². The van der Waals surface area contributed by atoms with E-state index in [1.165, 1.54) is 0 Å². The molecule has 0 saturated carbocycles. The molecule has 0 radical (unpaired) electrons. The molecular formula is C7H3ClF6N2O3S2. The average molecular weight is 377 g/mol. The van der Waals surface area contributed by atoms with Gasteiger partial charge in [-0.3, -0.25) is 0 Å². The number of nitrogens with zero attached hydrogens (tertiary/aromatic N) is 2. The van der Waals surface area contributed by atoms with Gasteiger partial charge in [0.15, 0.2) is 5.82 Å². The summed E-state index contributed by atoms with van der Waals surface area (Å²) in [6.45, 7) is 0. The number of rotatable bonds is 3. The molecule has 0 saturated heterocycles. The molecular weight excluding hydrogens is 374 g/mol. The molecule has 0 N–H and O–H groups in total. The third-order valence-corrected chi connectivity index (χ3v) is 5.07. The van der Waals surface area contributed by atoms with Crippen molar-refractivity contribution < 1.29 is 39.0 Å². The molecule has 0 spiro atoms. The van der Waals surface area contributed by atoms with Crippen molar-refractivity contribution in [3.05, 3.63) is 23.4 Å². The van der Waals surface area contributed by atoms with Gasteiger partial charge in [0.1, 0.15) is 0 Å². The van der Waals surface area contributed by atoms with Crippen LogP contribution < -0.4 is 3.71 Å². The van der Waals surface area contributed by atoms with Crippen LogP contribution >= 0.6 is 11.6 Å². The quantitative estimate of drug-likeness (QED) is 0.760. The first-order valence-electron chi connectivity index (χ1n) is 4.50. The molecule has 1 heterocycles. The van der Waals surface area contributed by atoms with Crippen molar-refractivity contribution in [1.29, 1.82) is 0 Å². The largest absolute Gasteiger partial charge is 0.517 e. The zero-order valence-corrected chi connectivity index (χ0v) is 11.7. The van der Waals surface area contributed by atoms with Crippen molar-refractivity contribution in [1.82, 2.24) is 4.98 Å². The van der Waals surface area contributed by atoms with E-state index in [0.29, 0.717) is 12.3 Å². The Hall–Kier alpha value is -1.08. The fraction of sp³-hybridized carbons (Fsp3) is 0.286. The Morgan fingerprint density at radius 2 is 1.67 bits per heavy atom. The van der Waals surface area contributed by atoms with Gasteiger partial charge in [0.05, 0.1) is 5.02 Å². The molecule has 0 aliphatic heterocycles. The number of sulfonamides is 1. The molecule has 21 heavy (non-hydrogen) atoms. The van der Waals surface area contributed by atoms with Crippen LogP contribution in [0, 0.1) is 0 Å². The predicted octanol–water partition coefficient (Wildman–Crippen LogP) is 2.57. The lowest BCUT2D eigenvalue weighted by Gasteiger charge is -2.23. The highest BCUT2D eigenvalue weighted by molar-refractivity contribution is 8.08. The zero-order chi connectivity index (χ0) is 16.6. The minimum absolute atomic E-state index is 0.180. The SMILES string of the molecule is O=[S@@](N(c1ccc(Cl)cn1)S(=O)(=O)C(F)(F)F)C(F)(F)F. The summed E-state index contributed by atoms with van der Waals surface area (Å²) in [6, 6.07) is 1.24. The normalized spacial score (nSPS) is 14.8. The lowest BCUT2D eigenvalue weighted by atomic mass is 10.5. The maximum Gasteiger partial charge on any atom is 0.517 e. The second kappa shape index (κ2) is 5.61. The first-order valence-corrected chi connectivity index (χ1v) is 7.43. The van der Waals surface area contributed by atoms with Crippen LogP contribution in [0.4, 0.5) is 32.2 Å². The van der Waals surface area contributed by atoms with E-state index in [1.807, 2.05) is 0 Å². The third kappa shape index (κ3) is 3.77. The Labute approximate surface area is 121 Å². The Bertz CT molecular complexity index is 642. The van der Waals surface area contributed by atoms with E-state index < -0.39 is 41.6 Å². The average Bonchev–Trinajstić information content (AvgIpc) is 2.29. The first-order chi connectivity index (χ1) is 9.28. The maximum absolute atomic E-state index is 12.4. The Morgan fingerprint density at radius 3 is 2.00 bits per heavy atom. The minimum Gasteiger partial charge on any atom is -0.236 e. The maximum atomic E-state index is 12.4. The number of halogens is 7. The topological polar surface area (TPSA) is 67.3 Å². The van der Waals surface area contributed by atoms with E-state index in [2.05, 4.69) is 4.98 Å². The van der Waals surface area contributed by atoms with Gasteiger partial charge < -0.3 is 0 Å². The fourth-order valence-electron chi connectivity index (χ4n) is 0.961. The van der Waals surface area contributed by atoms with E-state index in [9.17, 15) is 39.0 Å². The smallest absolute Gasteiger partial charge is 0.236 e. The molecule has 0 fully saturated rings. The molecule has 1 aromatic rings. The van der Waals surface area contributed by atoms with Gasteiger partial charge in [-0.15, -0.1) is 0 Å². The van der Waals surface area contributed by atoms with Crippen molar-refractivity contribution in [2.45, 2.75) is 11.0 Å². The highest BCUT2D eigenvalue weighted by atomic mass is 35.5. The van der Waals surface area contributed by atoms with Gasteiger partial charge in [-0.1, -0.05) is 11.6 Å². The number of anilines is 1. The molecule has 1 rings (SSSR count). The monoisotopic (exact) mass is 376 g/mol. The summed E-state index contributed by atoms with van der Waals surface area (Å²) in [7, 11) is -11.1. The van der Waals surface area contributed by atoms with Crippen molar-refractivity contribution in [2.75, 3.05) is 3.71 Å². The lowest BCUT2D eigenvalue weighted by molar-refractivity contribution is -0.0443. The van der Waals surface area contributed by atoms with Crippen LogP contribution in [0.25, 0.3) is 0 Å². The van der Waals surface area contributed by atoms with Gasteiger partial charge in [0.25, 0.3) is 0 Å². The van der Waals surface area contributed by atoms with Crippen molar-refractivity contribution in [2.24, 2.45) is 0 Å². The molecule has 0 aliphatic rings. The molecule has 0 bridgehead atoms. The van der Waals surface area contributed by atoms with Crippen LogP contribution in [0.1, 0.15) is 0 Å². The summed E-state index contributed by atoms with van der Waals surface area (Å²) in [5.74, 6) is -1.34. The standard InChI is InChI=1S/C7H3ClF6N2O3S2/c8-4-1-2-5(15-3-4)16(20(17)6(9,10)11)21(18,19)7(12,13)14/h1-3H/t20-/m1/s1. The van der Waals surface area contributed by atoms with E-state index >= 15 is 0 Å². The molecule has 0 aliphatic carbocycles. The van der Waals surface area contributed by atoms with Crippen LogP contribution in [0.15, 0.2) is 18.3 Å². The van der Waals surface area contributed by atoms with Gasteiger partial charge in [-0.2, -0.15) is 38.5 Å². The number of hydrogen-bond acceptors (Lipinski definition) is 4. The molecule has 0 unspecified atom stereocenters. The van der Waals surface area contributed by atoms with E-state index in [-0.39, 0.29) is 5.02 Å². The van der Waals surface area contributed by atoms with Crippen molar-refractivity contribution in [3.63, 3.8) is 0 Å². The lowest BCUT2D eigenvalue weighted by Crippen LogP contribution is -2.46. The highest BCUT2D eigenvalue weighted by Gasteiger charge is 2.57. The fourth-order valence-corrected chi connectivity index (χ4v) is 3.30. The van der Waals surface area contributed by atoms with E-state index in [4.69, 9.17) is 11.6 Å². The van der Waals surface area contributed by atoms with E-state index in [0.717, 1.165) is 6.07 Å². The third-order valence-electron chi connectivity index (χ3n) is 1.76. The highest BCUT2D eigenvalue weighted by Crippen LogP contribution is 2.35. The number of pyridine rings is 1. The first kappa shape index (κ1) is 18.0. The summed E-state index contributed by atoms with van der Waals surface area (Å²) < 4.78 is 106. The van der Waals surface area contributed by atoms with Crippen LogP contribution in [-0.4, -0.2) is 28.6 Å².